The molecule has 0 bridgehead atoms. The molecule has 7 nitrogen and oxygen atoms in total. The van der Waals surface area contributed by atoms with Crippen LogP contribution in [-0.4, -0.2) is 57.6 Å². The summed E-state index contributed by atoms with van der Waals surface area (Å²) in [6.07, 6.45) is -2.23. The second-order valence-corrected chi connectivity index (χ2v) is 7.17. The van der Waals surface area contributed by atoms with Crippen LogP contribution >= 0.6 is 11.3 Å². The fourth-order valence-corrected chi connectivity index (χ4v) is 4.09. The van der Waals surface area contributed by atoms with E-state index in [9.17, 15) is 22.8 Å². The summed E-state index contributed by atoms with van der Waals surface area (Å²) in [4.78, 5) is 41.7. The lowest BCUT2D eigenvalue weighted by Gasteiger charge is -2.24. The predicted molar refractivity (Wildman–Crippen MR) is 97.6 cm³/mol. The number of aliphatic carboxylic acids is 1. The third-order valence-electron chi connectivity index (χ3n) is 4.67. The number of hydrogen-bond donors (Lipinski definition) is 1. The number of amides is 2. The summed E-state index contributed by atoms with van der Waals surface area (Å²) in [6.45, 7) is 0.679. The zero-order chi connectivity index (χ0) is 21.2. The number of hydrogen-bond acceptors (Lipinski definition) is 5. The number of pyridine rings is 1. The van der Waals surface area contributed by atoms with Gasteiger partial charge in [-0.15, -0.1) is 0 Å². The Kier molecular flexibility index (Phi) is 5.87. The maximum absolute atomic E-state index is 12.6. The minimum atomic E-state index is -5.08. The first-order chi connectivity index (χ1) is 13.7. The van der Waals surface area contributed by atoms with Crippen molar-refractivity contribution < 1.29 is 32.7 Å². The Morgan fingerprint density at radius 3 is 2.48 bits per heavy atom. The van der Waals surface area contributed by atoms with Crippen LogP contribution in [0.25, 0.3) is 0 Å². The molecule has 1 N–H and O–H groups in total. The smallest absolute Gasteiger partial charge is 0.475 e. The van der Waals surface area contributed by atoms with E-state index in [2.05, 4.69) is 4.98 Å². The molecule has 2 aromatic heterocycles. The second kappa shape index (κ2) is 8.19. The third-order valence-corrected chi connectivity index (χ3v) is 5.34. The zero-order valence-corrected chi connectivity index (χ0v) is 15.7. The molecular weight excluding hydrogens is 411 g/mol. The van der Waals surface area contributed by atoms with E-state index in [1.165, 1.54) is 0 Å². The van der Waals surface area contributed by atoms with Gasteiger partial charge in [0.2, 0.25) is 5.91 Å². The number of carboxylic acids is 1. The maximum Gasteiger partial charge on any atom is 0.490 e. The molecule has 4 heterocycles. The van der Waals surface area contributed by atoms with Crippen LogP contribution in [0.1, 0.15) is 23.3 Å². The lowest BCUT2D eigenvalue weighted by atomic mass is 10.1. The van der Waals surface area contributed by atoms with Crippen molar-refractivity contribution >= 4 is 34.8 Å². The predicted octanol–water partition coefficient (Wildman–Crippen LogP) is 2.80. The Hall–Kier alpha value is -2.95. The number of aromatic nitrogens is 1. The van der Waals surface area contributed by atoms with E-state index in [1.54, 1.807) is 29.7 Å². The number of carboxylic acid groups (broad SMARTS) is 1. The molecule has 11 heteroatoms. The molecule has 0 unspecified atom stereocenters. The molecule has 0 aliphatic carbocycles. The fourth-order valence-electron chi connectivity index (χ4n) is 3.47. The van der Waals surface area contributed by atoms with Crippen LogP contribution in [0.5, 0.6) is 0 Å². The van der Waals surface area contributed by atoms with Crippen molar-refractivity contribution in [1.29, 1.82) is 0 Å². The van der Waals surface area contributed by atoms with Gasteiger partial charge in [-0.2, -0.15) is 24.5 Å². The third kappa shape index (κ3) is 4.39. The number of alkyl halides is 3. The van der Waals surface area contributed by atoms with E-state index in [0.29, 0.717) is 18.7 Å². The number of rotatable bonds is 2. The summed E-state index contributed by atoms with van der Waals surface area (Å²) in [7, 11) is 0. The molecule has 29 heavy (non-hydrogen) atoms. The Morgan fingerprint density at radius 2 is 1.93 bits per heavy atom. The number of halogens is 3. The SMILES string of the molecule is O=C(O)C(F)(F)F.O=C(c1ccccn1)N1CC[C@@H]2[C@@H]1CC(=O)N2c1ccsc1. The standard InChI is InChI=1S/C16H15N3O2S.C2HF3O2/c20-15-9-14-13(19(15)11-5-8-22-10-11)4-7-18(14)16(21)12-3-1-2-6-17-12;3-2(4,5)1(6)7/h1-3,5-6,8,10,13-14H,4,7,9H2;(H,6,7)/t13-,14+;/m1./s1. The molecule has 2 amide bonds. The van der Waals surface area contributed by atoms with Crippen molar-refractivity contribution in [1.82, 2.24) is 9.88 Å². The van der Waals surface area contributed by atoms with Crippen LogP contribution in [0.15, 0.2) is 41.2 Å². The van der Waals surface area contributed by atoms with E-state index in [0.717, 1.165) is 12.1 Å². The lowest BCUT2D eigenvalue weighted by molar-refractivity contribution is -0.192. The highest BCUT2D eigenvalue weighted by atomic mass is 32.1. The Morgan fingerprint density at radius 1 is 1.21 bits per heavy atom. The number of likely N-dealkylation sites (tertiary alicyclic amines) is 1. The van der Waals surface area contributed by atoms with Crippen molar-refractivity contribution in [2.24, 2.45) is 0 Å². The molecule has 4 rings (SSSR count). The monoisotopic (exact) mass is 427 g/mol. The Bertz CT molecular complexity index is 890. The molecule has 0 radical (unpaired) electrons. The summed E-state index contributed by atoms with van der Waals surface area (Å²) in [5, 5.41) is 11.1. The summed E-state index contributed by atoms with van der Waals surface area (Å²) < 4.78 is 31.7. The second-order valence-electron chi connectivity index (χ2n) is 6.39. The topological polar surface area (TPSA) is 90.8 Å². The van der Waals surface area contributed by atoms with E-state index in [-0.39, 0.29) is 23.9 Å². The number of nitrogens with zero attached hydrogens (tertiary/aromatic N) is 3. The number of carbonyl (C=O) groups is 3. The van der Waals surface area contributed by atoms with E-state index < -0.39 is 12.1 Å². The van der Waals surface area contributed by atoms with Crippen molar-refractivity contribution in [3.63, 3.8) is 0 Å². The van der Waals surface area contributed by atoms with Crippen molar-refractivity contribution in [2.45, 2.75) is 31.1 Å². The summed E-state index contributed by atoms with van der Waals surface area (Å²) in [6, 6.07) is 7.35. The van der Waals surface area contributed by atoms with Crippen LogP contribution < -0.4 is 4.90 Å². The highest BCUT2D eigenvalue weighted by molar-refractivity contribution is 7.08. The van der Waals surface area contributed by atoms with Crippen molar-refractivity contribution in [2.75, 3.05) is 11.4 Å². The van der Waals surface area contributed by atoms with Gasteiger partial charge in [0.05, 0.1) is 17.8 Å². The Labute approximate surface area is 167 Å². The normalized spacial score (nSPS) is 20.9. The fraction of sp³-hybridized carbons (Fsp3) is 0.333. The average Bonchev–Trinajstić information content (AvgIpc) is 3.38. The van der Waals surface area contributed by atoms with Gasteiger partial charge in [0.15, 0.2) is 0 Å². The van der Waals surface area contributed by atoms with Crippen LogP contribution in [0.2, 0.25) is 0 Å². The average molecular weight is 427 g/mol. The largest absolute Gasteiger partial charge is 0.490 e. The van der Waals surface area contributed by atoms with E-state index in [4.69, 9.17) is 9.90 Å². The first-order valence-corrected chi connectivity index (χ1v) is 9.51. The molecule has 2 aromatic rings. The van der Waals surface area contributed by atoms with Crippen LogP contribution in [-0.2, 0) is 9.59 Å². The van der Waals surface area contributed by atoms with Crippen LogP contribution in [0, 0.1) is 0 Å². The van der Waals surface area contributed by atoms with Gasteiger partial charge in [0.25, 0.3) is 5.91 Å². The van der Waals surface area contributed by atoms with E-state index in [1.807, 2.05) is 32.7 Å². The van der Waals surface area contributed by atoms with Gasteiger partial charge in [-0.25, -0.2) is 4.79 Å². The number of anilines is 1. The quantitative estimate of drug-likeness (QED) is 0.796. The van der Waals surface area contributed by atoms with Gasteiger partial charge in [-0.05, 0) is 30.0 Å². The van der Waals surface area contributed by atoms with Crippen LogP contribution in [0.3, 0.4) is 0 Å². The Balaban J connectivity index is 0.000000298. The lowest BCUT2D eigenvalue weighted by Crippen LogP contribution is -2.40. The van der Waals surface area contributed by atoms with Gasteiger partial charge in [0, 0.05) is 24.5 Å². The molecule has 2 saturated heterocycles. The summed E-state index contributed by atoms with van der Waals surface area (Å²) in [5.41, 5.74) is 1.40. The van der Waals surface area contributed by atoms with Gasteiger partial charge in [0.1, 0.15) is 5.69 Å². The van der Waals surface area contributed by atoms with Gasteiger partial charge in [-0.3, -0.25) is 14.6 Å². The molecular formula is C18H16F3N3O4S. The highest BCUT2D eigenvalue weighted by Crippen LogP contribution is 2.37. The minimum absolute atomic E-state index is 0.0399. The van der Waals surface area contributed by atoms with Crippen LogP contribution in [0.4, 0.5) is 18.9 Å². The summed E-state index contributed by atoms with van der Waals surface area (Å²) in [5.74, 6) is -2.73. The van der Waals surface area contributed by atoms with Gasteiger partial charge >= 0.3 is 12.1 Å². The van der Waals surface area contributed by atoms with Crippen molar-refractivity contribution in [3.8, 4) is 0 Å². The highest BCUT2D eigenvalue weighted by Gasteiger charge is 2.49. The molecule has 2 aliphatic rings. The van der Waals surface area contributed by atoms with E-state index >= 15 is 0 Å². The molecule has 0 aromatic carbocycles. The zero-order valence-electron chi connectivity index (χ0n) is 14.9. The first-order valence-electron chi connectivity index (χ1n) is 8.56. The first kappa shape index (κ1) is 20.8. The molecule has 154 valence electrons. The molecule has 0 spiro atoms. The molecule has 2 atom stereocenters. The summed E-state index contributed by atoms with van der Waals surface area (Å²) >= 11 is 1.58. The van der Waals surface area contributed by atoms with Crippen molar-refractivity contribution in [3.05, 3.63) is 46.9 Å². The van der Waals surface area contributed by atoms with Gasteiger partial charge in [-0.1, -0.05) is 6.07 Å². The maximum atomic E-state index is 12.6. The molecule has 2 fully saturated rings. The number of carbonyl (C=O) groups excluding carboxylic acids is 2. The molecule has 0 saturated carbocycles. The number of fused-ring (bicyclic) bond motifs is 1. The number of thiophene rings is 1. The van der Waals surface area contributed by atoms with Gasteiger partial charge < -0.3 is 14.9 Å². The minimum Gasteiger partial charge on any atom is -0.475 e. The molecule has 2 aliphatic heterocycles.